The summed E-state index contributed by atoms with van der Waals surface area (Å²) >= 11 is 0. The molecule has 0 saturated heterocycles. The molecule has 0 aromatic heterocycles. The quantitative estimate of drug-likeness (QED) is 0.284. The van der Waals surface area contributed by atoms with Crippen LogP contribution in [0.15, 0.2) is 42.0 Å². The molecule has 1 aromatic rings. The van der Waals surface area contributed by atoms with Crippen molar-refractivity contribution in [1.29, 1.82) is 0 Å². The number of ether oxygens (including phenoxy) is 1. The normalized spacial score (nSPS) is 46.7. The smallest absolute Gasteiger partial charge is 0.338 e. The standard InChI is InChI=1S/C37H50O6/c1-22-15-18-37(31(40)41)20-19-34(5)24(28(37)36(22,7)42)13-14-27-33(4)21-25(43-30(39)23-11-9-8-10-12-23)29(38)32(2,3)26(33)16-17-35(27,34)6/h8-13,22,25-28,42H,14-21H2,1-7H3,(H,40,41)/t22-,25-,26?,27?,28?,33+,34-,35-,36-,37+/m1/s1. The molecule has 1 aromatic carbocycles. The predicted octanol–water partition coefficient (Wildman–Crippen LogP) is 7.25. The fourth-order valence-electron chi connectivity index (χ4n) is 11.6. The van der Waals surface area contributed by atoms with Crippen LogP contribution in [-0.2, 0) is 14.3 Å². The number of ketones is 1. The van der Waals surface area contributed by atoms with Gasteiger partial charge < -0.3 is 14.9 Å². The van der Waals surface area contributed by atoms with Crippen molar-refractivity contribution in [2.45, 2.75) is 112 Å². The highest BCUT2D eigenvalue weighted by Gasteiger charge is 2.72. The summed E-state index contributed by atoms with van der Waals surface area (Å²) in [6.07, 6.45) is 7.26. The van der Waals surface area contributed by atoms with Crippen molar-refractivity contribution in [2.24, 2.45) is 50.7 Å². The highest BCUT2D eigenvalue weighted by atomic mass is 16.5. The molecular weight excluding hydrogens is 540 g/mol. The van der Waals surface area contributed by atoms with Gasteiger partial charge in [-0.05, 0) is 104 Å². The van der Waals surface area contributed by atoms with E-state index in [0.717, 1.165) is 31.3 Å². The van der Waals surface area contributed by atoms with Crippen LogP contribution in [0.3, 0.4) is 0 Å². The first-order valence-corrected chi connectivity index (χ1v) is 16.4. The number of carboxylic acid groups (broad SMARTS) is 1. The summed E-state index contributed by atoms with van der Waals surface area (Å²) in [5.74, 6) is -1.26. The summed E-state index contributed by atoms with van der Waals surface area (Å²) in [6.45, 7) is 15.1. The summed E-state index contributed by atoms with van der Waals surface area (Å²) in [5, 5.41) is 22.7. The molecule has 6 rings (SSSR count). The van der Waals surface area contributed by atoms with Crippen LogP contribution in [0, 0.1) is 50.7 Å². The minimum Gasteiger partial charge on any atom is -0.481 e. The molecule has 0 aliphatic heterocycles. The molecule has 0 heterocycles. The van der Waals surface area contributed by atoms with Crippen molar-refractivity contribution >= 4 is 17.7 Å². The van der Waals surface area contributed by atoms with Gasteiger partial charge in [0.1, 0.15) is 0 Å². The highest BCUT2D eigenvalue weighted by Crippen LogP contribution is 2.76. The van der Waals surface area contributed by atoms with Crippen LogP contribution in [0.2, 0.25) is 0 Å². The average Bonchev–Trinajstić information content (AvgIpc) is 2.94. The maximum Gasteiger partial charge on any atom is 0.338 e. The molecule has 4 saturated carbocycles. The Morgan fingerprint density at radius 2 is 1.58 bits per heavy atom. The molecule has 0 amide bonds. The number of Topliss-reactive ketones (excluding diaryl/α,β-unsaturated/α-hetero) is 1. The van der Waals surface area contributed by atoms with Crippen molar-refractivity contribution in [3.05, 3.63) is 47.5 Å². The summed E-state index contributed by atoms with van der Waals surface area (Å²) < 4.78 is 6.03. The number of carboxylic acids is 1. The van der Waals surface area contributed by atoms with Crippen LogP contribution >= 0.6 is 0 Å². The molecule has 0 spiro atoms. The van der Waals surface area contributed by atoms with Gasteiger partial charge in [0, 0.05) is 11.3 Å². The van der Waals surface area contributed by atoms with Crippen molar-refractivity contribution in [1.82, 2.24) is 0 Å². The van der Waals surface area contributed by atoms with E-state index in [-0.39, 0.29) is 39.8 Å². The number of carbonyl (C=O) groups excluding carboxylic acids is 2. The van der Waals surface area contributed by atoms with E-state index >= 15 is 0 Å². The number of carbonyl (C=O) groups is 3. The predicted molar refractivity (Wildman–Crippen MR) is 164 cm³/mol. The van der Waals surface area contributed by atoms with Gasteiger partial charge in [0.15, 0.2) is 11.9 Å². The fourth-order valence-corrected chi connectivity index (χ4v) is 11.6. The second-order valence-electron chi connectivity index (χ2n) is 16.4. The Morgan fingerprint density at radius 3 is 2.23 bits per heavy atom. The third-order valence-corrected chi connectivity index (χ3v) is 14.4. The first-order chi connectivity index (χ1) is 20.0. The van der Waals surface area contributed by atoms with Gasteiger partial charge in [0.25, 0.3) is 0 Å². The lowest BCUT2D eigenvalue weighted by Crippen LogP contribution is -2.68. The average molecular weight is 591 g/mol. The van der Waals surface area contributed by atoms with Gasteiger partial charge in [-0.1, -0.05) is 71.4 Å². The first kappa shape index (κ1) is 30.6. The van der Waals surface area contributed by atoms with Crippen molar-refractivity contribution < 1.29 is 29.3 Å². The van der Waals surface area contributed by atoms with Crippen LogP contribution in [0.1, 0.15) is 110 Å². The molecule has 10 atom stereocenters. The molecule has 5 aliphatic carbocycles. The van der Waals surface area contributed by atoms with Gasteiger partial charge >= 0.3 is 11.9 Å². The summed E-state index contributed by atoms with van der Waals surface area (Å²) in [5.41, 5.74) is -1.80. The zero-order chi connectivity index (χ0) is 31.4. The van der Waals surface area contributed by atoms with Crippen LogP contribution in [0.5, 0.6) is 0 Å². The lowest BCUT2D eigenvalue weighted by molar-refractivity contribution is -0.213. The first-order valence-electron chi connectivity index (χ1n) is 16.4. The van der Waals surface area contributed by atoms with Crippen LogP contribution < -0.4 is 0 Å². The van der Waals surface area contributed by atoms with Crippen LogP contribution in [0.4, 0.5) is 0 Å². The number of aliphatic hydroxyl groups is 1. The molecule has 6 nitrogen and oxygen atoms in total. The summed E-state index contributed by atoms with van der Waals surface area (Å²) in [6, 6.07) is 8.89. The van der Waals surface area contributed by atoms with E-state index in [1.165, 1.54) is 0 Å². The zero-order valence-corrected chi connectivity index (χ0v) is 27.0. The molecule has 5 aliphatic rings. The maximum atomic E-state index is 13.9. The van der Waals surface area contributed by atoms with Gasteiger partial charge in [-0.3, -0.25) is 9.59 Å². The zero-order valence-electron chi connectivity index (χ0n) is 27.0. The Labute approximate surface area is 256 Å². The lowest BCUT2D eigenvalue weighted by atomic mass is 9.33. The topological polar surface area (TPSA) is 101 Å². The molecule has 0 bridgehead atoms. The molecule has 234 valence electrons. The SMILES string of the molecule is C[C@@H]1CC[C@]2(C(=O)O)CC[C@]3(C)C(=CCC4[C@@]5(C)C[C@@H](OC(=O)c6ccccc6)C(=O)C(C)(C)C5CC[C@]43C)C2[C@]1(C)O. The molecular formula is C37H50O6. The van der Waals surface area contributed by atoms with Gasteiger partial charge in [-0.25, -0.2) is 4.79 Å². The lowest BCUT2D eigenvalue weighted by Gasteiger charge is -2.71. The number of fused-ring (bicyclic) bond motifs is 7. The van der Waals surface area contributed by atoms with E-state index in [1.54, 1.807) is 24.3 Å². The van der Waals surface area contributed by atoms with Gasteiger partial charge in [-0.2, -0.15) is 0 Å². The number of hydrogen-bond donors (Lipinski definition) is 2. The van der Waals surface area contributed by atoms with Crippen LogP contribution in [-0.4, -0.2) is 39.6 Å². The number of esters is 1. The molecule has 2 N–H and O–H groups in total. The van der Waals surface area contributed by atoms with E-state index in [0.29, 0.717) is 31.2 Å². The Bertz CT molecular complexity index is 1380. The van der Waals surface area contributed by atoms with E-state index in [1.807, 2.05) is 26.8 Å². The fraction of sp³-hybridized carbons (Fsp3) is 0.703. The highest BCUT2D eigenvalue weighted by molar-refractivity contribution is 5.95. The molecule has 6 heteroatoms. The third kappa shape index (κ3) is 3.90. The molecule has 4 fully saturated rings. The number of aliphatic carboxylic acids is 1. The Hall–Kier alpha value is -2.47. The van der Waals surface area contributed by atoms with Crippen molar-refractivity contribution in [3.8, 4) is 0 Å². The molecule has 43 heavy (non-hydrogen) atoms. The number of hydrogen-bond acceptors (Lipinski definition) is 5. The number of benzene rings is 1. The Kier molecular flexibility index (Phi) is 6.76. The molecule has 3 unspecified atom stereocenters. The summed E-state index contributed by atoms with van der Waals surface area (Å²) in [7, 11) is 0. The number of rotatable bonds is 3. The minimum atomic E-state index is -1.11. The van der Waals surface area contributed by atoms with E-state index < -0.39 is 40.4 Å². The van der Waals surface area contributed by atoms with E-state index in [9.17, 15) is 24.6 Å². The maximum absolute atomic E-state index is 13.9. The van der Waals surface area contributed by atoms with Gasteiger partial charge in [0.05, 0.1) is 16.6 Å². The van der Waals surface area contributed by atoms with Gasteiger partial charge in [0.2, 0.25) is 0 Å². The van der Waals surface area contributed by atoms with Gasteiger partial charge in [-0.15, -0.1) is 0 Å². The monoisotopic (exact) mass is 590 g/mol. The second-order valence-corrected chi connectivity index (χ2v) is 16.4. The summed E-state index contributed by atoms with van der Waals surface area (Å²) in [4.78, 5) is 40.1. The van der Waals surface area contributed by atoms with Crippen molar-refractivity contribution in [3.63, 3.8) is 0 Å². The largest absolute Gasteiger partial charge is 0.481 e. The van der Waals surface area contributed by atoms with Crippen LogP contribution in [0.25, 0.3) is 0 Å². The molecule has 0 radical (unpaired) electrons. The van der Waals surface area contributed by atoms with Crippen molar-refractivity contribution in [2.75, 3.05) is 0 Å². The Morgan fingerprint density at radius 1 is 0.907 bits per heavy atom. The van der Waals surface area contributed by atoms with E-state index in [2.05, 4.69) is 33.8 Å². The number of allylic oxidation sites excluding steroid dienone is 1. The second kappa shape index (κ2) is 9.52. The third-order valence-electron chi connectivity index (χ3n) is 14.4. The Balaban J connectivity index is 1.41. The minimum absolute atomic E-state index is 0.0113. The van der Waals surface area contributed by atoms with E-state index in [4.69, 9.17) is 4.74 Å².